The van der Waals surface area contributed by atoms with Crippen molar-refractivity contribution in [3.63, 3.8) is 0 Å². The Morgan fingerprint density at radius 1 is 0.541 bits per heavy atom. The summed E-state index contributed by atoms with van der Waals surface area (Å²) in [5.41, 5.74) is 17.3. The minimum Gasteiger partial charge on any atom is -0.495 e. The molecule has 17 rings (SSSR count). The zero-order valence-corrected chi connectivity index (χ0v) is 65.2. The minimum absolute atomic E-state index is 0.0157. The van der Waals surface area contributed by atoms with Crippen LogP contribution in [-0.2, 0) is 51.6 Å². The predicted molar refractivity (Wildman–Crippen MR) is 422 cm³/mol. The number of methoxy groups -OCH3 is 3. The number of esters is 1. The van der Waals surface area contributed by atoms with Gasteiger partial charge in [0.2, 0.25) is 11.2 Å². The lowest BCUT2D eigenvalue weighted by molar-refractivity contribution is -0.111. The molecule has 9 aromatic heterocycles. The van der Waals surface area contributed by atoms with Gasteiger partial charge in [-0.15, -0.1) is 0 Å². The second-order valence-electron chi connectivity index (χ2n) is 26.4. The van der Waals surface area contributed by atoms with Crippen LogP contribution in [0.2, 0.25) is 5.28 Å². The lowest BCUT2D eigenvalue weighted by Gasteiger charge is -2.32. The number of hydrogen-bond donors (Lipinski definition) is 8. The van der Waals surface area contributed by atoms with E-state index in [0.29, 0.717) is 100 Å². The normalized spacial score (nSPS) is 15.0. The van der Waals surface area contributed by atoms with Gasteiger partial charge < -0.3 is 89.0 Å². The van der Waals surface area contributed by atoms with Crippen molar-refractivity contribution in [1.29, 1.82) is 0 Å². The Bertz CT molecular complexity index is 5360. The van der Waals surface area contributed by atoms with Gasteiger partial charge in [0.25, 0.3) is 29.5 Å². The highest BCUT2D eigenvalue weighted by atomic mass is 79.9. The number of nitrogens with two attached hydrogens (primary N) is 1. The van der Waals surface area contributed by atoms with Crippen molar-refractivity contribution in [2.45, 2.75) is 71.6 Å². The monoisotopic (exact) mass is 1650 g/mol. The molecule has 6 amide bonds. The van der Waals surface area contributed by atoms with E-state index in [9.17, 15) is 33.6 Å². The molecule has 35 heteroatoms. The van der Waals surface area contributed by atoms with E-state index in [1.807, 2.05) is 130 Å². The van der Waals surface area contributed by atoms with Gasteiger partial charge in [-0.25, -0.2) is 34.7 Å². The molecule has 0 unspecified atom stereocenters. The van der Waals surface area contributed by atoms with E-state index in [1.165, 1.54) is 20.3 Å². The number of rotatable bonds is 11. The fourth-order valence-electron chi connectivity index (χ4n) is 12.3. The number of fused-ring (bicyclic) bond motifs is 5. The number of nitrogens with one attached hydrogen (secondary N) is 7. The largest absolute Gasteiger partial charge is 0.496 e. The number of carbonyl (C=O) groups is 7. The van der Waals surface area contributed by atoms with Crippen molar-refractivity contribution in [3.05, 3.63) is 208 Å². The second-order valence-corrected chi connectivity index (χ2v) is 28.6. The van der Waals surface area contributed by atoms with Crippen LogP contribution in [0, 0.1) is 0 Å². The molecule has 0 saturated carbocycles. The maximum absolute atomic E-state index is 12.0. The third-order valence-corrected chi connectivity index (χ3v) is 19.7. The first-order valence-corrected chi connectivity index (χ1v) is 36.8. The third-order valence-electron chi connectivity index (χ3n) is 18.6. The molecule has 0 radical (unpaired) electrons. The number of benzene rings is 2. The second kappa shape index (κ2) is 34.3. The summed E-state index contributed by atoms with van der Waals surface area (Å²) in [6.07, 6.45) is 17.5. The highest BCUT2D eigenvalue weighted by Gasteiger charge is 2.52. The zero-order chi connectivity index (χ0) is 78.8. The number of ether oxygens (including phenoxy) is 3. The molecular formula is C76H77BBr2ClN19O12. The summed E-state index contributed by atoms with van der Waals surface area (Å²) in [6.45, 7) is 18.8. The number of aromatic nitrogens is 12. The number of hydrogen-bond acceptors (Lipinski definition) is 19. The lowest BCUT2D eigenvalue weighted by atomic mass is 9.81. The predicted octanol–water partition coefficient (Wildman–Crippen LogP) is 8.87. The maximum Gasteiger partial charge on any atom is 0.496 e. The number of nitrogen functional groups attached to an aromatic ring is 1. The Kier molecular flexibility index (Phi) is 24.3. The molecule has 6 aliphatic heterocycles. The first-order valence-electron chi connectivity index (χ1n) is 34.9. The molecule has 572 valence electrons. The summed E-state index contributed by atoms with van der Waals surface area (Å²) < 4.78 is 38.4. The molecule has 0 atom stereocenters. The van der Waals surface area contributed by atoms with E-state index in [-0.39, 0.29) is 57.9 Å². The molecule has 15 heterocycles. The Labute approximate surface area is 658 Å². The molecule has 31 nitrogen and oxygen atoms in total. The van der Waals surface area contributed by atoms with Crippen LogP contribution in [0.5, 0.6) is 11.5 Å². The highest BCUT2D eigenvalue weighted by molar-refractivity contribution is 9.10. The smallest absolute Gasteiger partial charge is 0.495 e. The van der Waals surface area contributed by atoms with Crippen molar-refractivity contribution in [2.75, 3.05) is 65.1 Å². The molecule has 9 N–H and O–H groups in total. The van der Waals surface area contributed by atoms with E-state index in [1.54, 1.807) is 74.4 Å². The summed E-state index contributed by atoms with van der Waals surface area (Å²) in [6, 6.07) is 27.0. The van der Waals surface area contributed by atoms with E-state index >= 15 is 0 Å². The molecule has 2 aromatic carbocycles. The SMILES string of the molecule is C=CC(=O)Nc1cc(-c2nccc(-c3cc4n(c3)CCNC4=O)n2)ccc1OC.CC1(C)OB(c2cc3n(c2)CCNC3=O)OC1(C)C.COC(=O)c1cc(Br)c[nH]1.COc1ccc(-c2nccc(-c3cc4n(c3)CCNC4=O)n2)cc1N.O=C1NCCn2cc(-c3ccnc(Cl)n3)cc21.O=C1NCCn2cc(Br)cc21. The van der Waals surface area contributed by atoms with E-state index in [4.69, 9.17) is 36.1 Å². The number of aromatic amines is 1. The number of anilines is 2. The van der Waals surface area contributed by atoms with Crippen molar-refractivity contribution in [2.24, 2.45) is 0 Å². The Morgan fingerprint density at radius 3 is 1.37 bits per heavy atom. The molecule has 6 aliphatic rings. The van der Waals surface area contributed by atoms with Crippen LogP contribution in [0.15, 0.2) is 168 Å². The molecule has 111 heavy (non-hydrogen) atoms. The van der Waals surface area contributed by atoms with Crippen molar-refractivity contribution in [1.82, 2.24) is 84.3 Å². The zero-order valence-electron chi connectivity index (χ0n) is 61.3. The topological polar surface area (TPSA) is 382 Å². The Balaban J connectivity index is 0.000000128. The first kappa shape index (κ1) is 78.6. The van der Waals surface area contributed by atoms with Gasteiger partial charge in [0, 0.05) is 163 Å². The van der Waals surface area contributed by atoms with Crippen molar-refractivity contribution < 1.29 is 57.1 Å². The quantitative estimate of drug-likeness (QED) is 0.0197. The molecule has 1 fully saturated rings. The third kappa shape index (κ3) is 18.3. The molecule has 0 spiro atoms. The number of amides is 6. The van der Waals surface area contributed by atoms with Crippen LogP contribution >= 0.6 is 43.5 Å². The van der Waals surface area contributed by atoms with Crippen LogP contribution in [0.3, 0.4) is 0 Å². The molecule has 0 aliphatic carbocycles. The van der Waals surface area contributed by atoms with Crippen LogP contribution in [-0.4, -0.2) is 172 Å². The van der Waals surface area contributed by atoms with Gasteiger partial charge in [0.15, 0.2) is 11.6 Å². The average Bonchev–Trinajstić information content (AvgIpc) is 1.61. The highest BCUT2D eigenvalue weighted by Crippen LogP contribution is 2.37. The van der Waals surface area contributed by atoms with E-state index in [2.05, 4.69) is 110 Å². The maximum atomic E-state index is 12.0. The molecule has 0 bridgehead atoms. The van der Waals surface area contributed by atoms with Gasteiger partial charge in [-0.05, 0) is 168 Å². The van der Waals surface area contributed by atoms with Gasteiger partial charge in [0.05, 0.1) is 61.0 Å². The van der Waals surface area contributed by atoms with Crippen molar-refractivity contribution >= 4 is 109 Å². The molecular weight excluding hydrogens is 1580 g/mol. The summed E-state index contributed by atoms with van der Waals surface area (Å²) in [5, 5.41) is 17.0. The minimum atomic E-state index is -0.407. The summed E-state index contributed by atoms with van der Waals surface area (Å²) >= 11 is 12.3. The van der Waals surface area contributed by atoms with Crippen LogP contribution in [0.25, 0.3) is 56.5 Å². The fourth-order valence-corrected chi connectivity index (χ4v) is 13.2. The van der Waals surface area contributed by atoms with Gasteiger partial charge in [-0.3, -0.25) is 28.8 Å². The number of halogens is 3. The van der Waals surface area contributed by atoms with Gasteiger partial charge in [-0.2, -0.15) is 0 Å². The lowest BCUT2D eigenvalue weighted by Crippen LogP contribution is -2.41. The summed E-state index contributed by atoms with van der Waals surface area (Å²) in [7, 11) is 4.04. The van der Waals surface area contributed by atoms with E-state index in [0.717, 1.165) is 93.0 Å². The summed E-state index contributed by atoms with van der Waals surface area (Å²) in [5.74, 6) is 1.28. The Morgan fingerprint density at radius 2 is 0.964 bits per heavy atom. The average molecular weight is 1650 g/mol. The first-order chi connectivity index (χ1) is 53.3. The number of carbonyl (C=O) groups excluding carboxylic acids is 7. The van der Waals surface area contributed by atoms with E-state index < -0.39 is 7.12 Å². The van der Waals surface area contributed by atoms with Gasteiger partial charge >= 0.3 is 13.1 Å². The van der Waals surface area contributed by atoms with Crippen LogP contribution in [0.4, 0.5) is 11.4 Å². The van der Waals surface area contributed by atoms with Crippen LogP contribution < -0.4 is 52.6 Å². The van der Waals surface area contributed by atoms with Gasteiger partial charge in [-0.1, -0.05) is 6.58 Å². The summed E-state index contributed by atoms with van der Waals surface area (Å²) in [4.78, 5) is 110. The fraction of sp³-hybridized carbons (Fsp3) is 0.250. The standard InChI is InChI=1S/C21H19N5O3.C18H17N5O2.C13H19BN2O3.C11H9ClN4O.C7H7BrN2O.C6H6BrNO2/c1-3-19(27)24-16-10-13(4-5-18(16)29-2)20-22-7-6-15(25-20)14-11-17-21(28)23-8-9-26(17)12-14;1-25-16-3-2-11(8-13(16)19)17-20-5-4-14(22-17)12-9-15-18(24)21-6-7-23(15)10-12;1-12(2)13(3,4)19-14(18-12)9-7-10-11(17)15-5-6-16(10)8-9;12-11-14-2-1-8(15-11)7-5-9-10(17)13-3-4-16(9)6-7;8-5-3-6-7(11)9-1-2-10(6)4-5;1-10-6(9)5-2-4(7)3-8-5/h3-7,10-12H,1,8-9H2,2H3,(H,23,28)(H,24,27);2-5,8-10H,6-7,19H2,1H3,(H,21,24);7-8H,5-6H2,1-4H3,(H,15,17);1-2,5-6H,3-4H2,(H,13,17);3-4H,1-2H2,(H,9,11);2-3,8H,1H3. The van der Waals surface area contributed by atoms with Gasteiger partial charge in [0.1, 0.15) is 45.7 Å². The number of H-pyrrole nitrogens is 1. The molecule has 11 aromatic rings. The molecule has 1 saturated heterocycles. The van der Waals surface area contributed by atoms with Crippen molar-refractivity contribution in [3.8, 4) is 68.0 Å². The van der Waals surface area contributed by atoms with Crippen LogP contribution in [0.1, 0.15) is 90.6 Å². The number of nitrogens with zero attached hydrogens (tertiary/aromatic N) is 11. The Hall–Kier alpha value is -12.0.